The summed E-state index contributed by atoms with van der Waals surface area (Å²) in [5.74, 6) is 2.25. The summed E-state index contributed by atoms with van der Waals surface area (Å²) in [6, 6.07) is 0. The molecule has 1 N–H and O–H groups in total. The summed E-state index contributed by atoms with van der Waals surface area (Å²) in [6.45, 7) is 8.24. The Kier molecular flexibility index (Phi) is 3.96. The lowest BCUT2D eigenvalue weighted by Gasteiger charge is -1.98. The van der Waals surface area contributed by atoms with Gasteiger partial charge >= 0.3 is 0 Å². The van der Waals surface area contributed by atoms with Crippen LogP contribution in [0.3, 0.4) is 0 Å². The molecule has 0 spiro atoms. The van der Waals surface area contributed by atoms with Crippen molar-refractivity contribution in [2.24, 2.45) is 0 Å². The minimum atomic E-state index is 0.431. The molecule has 0 bridgehead atoms. The van der Waals surface area contributed by atoms with Crippen LogP contribution in [0.25, 0.3) is 0 Å². The lowest BCUT2D eigenvalue weighted by molar-refractivity contribution is 0.435. The summed E-state index contributed by atoms with van der Waals surface area (Å²) in [5, 5.41) is 3.24. The predicted octanol–water partition coefficient (Wildman–Crippen LogP) is 1.95. The van der Waals surface area contributed by atoms with E-state index in [2.05, 4.69) is 31.1 Å². The third-order valence-corrected chi connectivity index (χ3v) is 1.91. The van der Waals surface area contributed by atoms with Crippen molar-refractivity contribution in [1.82, 2.24) is 10.3 Å². The molecule has 0 unspecified atom stereocenters. The van der Waals surface area contributed by atoms with Gasteiger partial charge in [0.1, 0.15) is 5.76 Å². The number of nitrogens with zero attached hydrogens (tertiary/aromatic N) is 1. The molecule has 3 nitrogen and oxygen atoms in total. The van der Waals surface area contributed by atoms with Crippen LogP contribution in [0, 0.1) is 0 Å². The molecular formula is C10H18N2O. The second-order valence-electron chi connectivity index (χ2n) is 3.41. The molecule has 0 radical (unpaired) electrons. The molecule has 0 atom stereocenters. The van der Waals surface area contributed by atoms with Crippen LogP contribution in [0.1, 0.15) is 38.3 Å². The van der Waals surface area contributed by atoms with Crippen molar-refractivity contribution in [1.29, 1.82) is 0 Å². The highest BCUT2D eigenvalue weighted by Crippen LogP contribution is 2.14. The van der Waals surface area contributed by atoms with Crippen molar-refractivity contribution in [3.05, 3.63) is 17.8 Å². The summed E-state index contributed by atoms with van der Waals surface area (Å²) >= 11 is 0. The Morgan fingerprint density at radius 1 is 1.54 bits per heavy atom. The molecule has 0 saturated heterocycles. The standard InChI is InChI=1S/C10H18N2O/c1-4-11-6-5-10-12-7-9(13-10)8(2)3/h7-8,11H,4-6H2,1-3H3. The van der Waals surface area contributed by atoms with Gasteiger partial charge in [0.2, 0.25) is 0 Å². The third-order valence-electron chi connectivity index (χ3n) is 1.91. The fourth-order valence-electron chi connectivity index (χ4n) is 1.08. The number of hydrogen-bond donors (Lipinski definition) is 1. The SMILES string of the molecule is CCNCCc1ncc(C(C)C)o1. The summed E-state index contributed by atoms with van der Waals surface area (Å²) in [7, 11) is 0. The van der Waals surface area contributed by atoms with Crippen LogP contribution in [0.15, 0.2) is 10.6 Å². The van der Waals surface area contributed by atoms with E-state index >= 15 is 0 Å². The smallest absolute Gasteiger partial charge is 0.195 e. The first-order chi connectivity index (χ1) is 6.24. The first-order valence-electron chi connectivity index (χ1n) is 4.89. The van der Waals surface area contributed by atoms with Gasteiger partial charge in [-0.15, -0.1) is 0 Å². The van der Waals surface area contributed by atoms with E-state index in [0.717, 1.165) is 31.2 Å². The summed E-state index contributed by atoms with van der Waals surface area (Å²) in [5.41, 5.74) is 0. The normalized spacial score (nSPS) is 11.1. The lowest BCUT2D eigenvalue weighted by Crippen LogP contribution is -2.16. The highest BCUT2D eigenvalue weighted by Gasteiger charge is 2.06. The Labute approximate surface area is 79.5 Å². The topological polar surface area (TPSA) is 38.1 Å². The fourth-order valence-corrected chi connectivity index (χ4v) is 1.08. The monoisotopic (exact) mass is 182 g/mol. The van der Waals surface area contributed by atoms with Gasteiger partial charge in [-0.3, -0.25) is 0 Å². The van der Waals surface area contributed by atoms with Gasteiger partial charge in [-0.05, 0) is 6.54 Å². The quantitative estimate of drug-likeness (QED) is 0.707. The Morgan fingerprint density at radius 2 is 2.31 bits per heavy atom. The minimum absolute atomic E-state index is 0.431. The van der Waals surface area contributed by atoms with E-state index in [1.165, 1.54) is 0 Å². The minimum Gasteiger partial charge on any atom is -0.445 e. The summed E-state index contributed by atoms with van der Waals surface area (Å²) in [6.07, 6.45) is 2.70. The molecular weight excluding hydrogens is 164 g/mol. The van der Waals surface area contributed by atoms with Crippen LogP contribution in [-0.2, 0) is 6.42 Å². The highest BCUT2D eigenvalue weighted by molar-refractivity contribution is 4.99. The van der Waals surface area contributed by atoms with Gasteiger partial charge in [-0.2, -0.15) is 0 Å². The van der Waals surface area contributed by atoms with Gasteiger partial charge < -0.3 is 9.73 Å². The van der Waals surface area contributed by atoms with Crippen molar-refractivity contribution < 1.29 is 4.42 Å². The Hall–Kier alpha value is -0.830. The van der Waals surface area contributed by atoms with E-state index in [9.17, 15) is 0 Å². The first-order valence-corrected chi connectivity index (χ1v) is 4.89. The Balaban J connectivity index is 2.40. The molecule has 0 fully saturated rings. The van der Waals surface area contributed by atoms with Crippen molar-refractivity contribution in [3.63, 3.8) is 0 Å². The molecule has 0 amide bonds. The van der Waals surface area contributed by atoms with Crippen molar-refractivity contribution in [2.45, 2.75) is 33.1 Å². The second-order valence-corrected chi connectivity index (χ2v) is 3.41. The maximum absolute atomic E-state index is 5.54. The van der Waals surface area contributed by atoms with Crippen molar-refractivity contribution >= 4 is 0 Å². The van der Waals surface area contributed by atoms with Crippen molar-refractivity contribution in [2.75, 3.05) is 13.1 Å². The van der Waals surface area contributed by atoms with Crippen LogP contribution in [0.5, 0.6) is 0 Å². The van der Waals surface area contributed by atoms with Crippen LogP contribution < -0.4 is 5.32 Å². The molecule has 0 aromatic carbocycles. The van der Waals surface area contributed by atoms with E-state index < -0.39 is 0 Å². The number of nitrogens with one attached hydrogen (secondary N) is 1. The van der Waals surface area contributed by atoms with Crippen LogP contribution in [-0.4, -0.2) is 18.1 Å². The molecule has 0 aliphatic rings. The van der Waals surface area contributed by atoms with Crippen LogP contribution >= 0.6 is 0 Å². The maximum Gasteiger partial charge on any atom is 0.195 e. The van der Waals surface area contributed by atoms with Gasteiger partial charge in [0.25, 0.3) is 0 Å². The zero-order valence-electron chi connectivity index (χ0n) is 8.63. The zero-order chi connectivity index (χ0) is 9.68. The highest BCUT2D eigenvalue weighted by atomic mass is 16.4. The van der Waals surface area contributed by atoms with Gasteiger partial charge in [-0.25, -0.2) is 4.98 Å². The average molecular weight is 182 g/mol. The largest absolute Gasteiger partial charge is 0.445 e. The van der Waals surface area contributed by atoms with E-state index in [0.29, 0.717) is 5.92 Å². The molecule has 3 heteroatoms. The van der Waals surface area contributed by atoms with E-state index in [1.54, 1.807) is 0 Å². The summed E-state index contributed by atoms with van der Waals surface area (Å²) < 4.78 is 5.54. The molecule has 1 heterocycles. The van der Waals surface area contributed by atoms with E-state index in [1.807, 2.05) is 6.20 Å². The number of rotatable bonds is 5. The van der Waals surface area contributed by atoms with Gasteiger partial charge in [0.05, 0.1) is 6.20 Å². The molecule has 0 aliphatic carbocycles. The lowest BCUT2D eigenvalue weighted by atomic mass is 10.2. The van der Waals surface area contributed by atoms with Crippen molar-refractivity contribution in [3.8, 4) is 0 Å². The van der Waals surface area contributed by atoms with Crippen LogP contribution in [0.4, 0.5) is 0 Å². The predicted molar refractivity (Wildman–Crippen MR) is 52.8 cm³/mol. The molecule has 13 heavy (non-hydrogen) atoms. The van der Waals surface area contributed by atoms with Crippen LogP contribution in [0.2, 0.25) is 0 Å². The third kappa shape index (κ3) is 3.19. The molecule has 1 aromatic rings. The maximum atomic E-state index is 5.54. The molecule has 0 aliphatic heterocycles. The number of likely N-dealkylation sites (N-methyl/N-ethyl adjacent to an activating group) is 1. The average Bonchev–Trinajstić information content (AvgIpc) is 2.53. The summed E-state index contributed by atoms with van der Waals surface area (Å²) in [4.78, 5) is 4.20. The number of aromatic nitrogens is 1. The fraction of sp³-hybridized carbons (Fsp3) is 0.700. The zero-order valence-corrected chi connectivity index (χ0v) is 8.63. The molecule has 74 valence electrons. The second kappa shape index (κ2) is 5.02. The van der Waals surface area contributed by atoms with Gasteiger partial charge in [0, 0.05) is 18.9 Å². The Morgan fingerprint density at radius 3 is 2.85 bits per heavy atom. The number of oxazole rings is 1. The molecule has 1 rings (SSSR count). The van der Waals surface area contributed by atoms with Gasteiger partial charge in [0.15, 0.2) is 5.89 Å². The van der Waals surface area contributed by atoms with Gasteiger partial charge in [-0.1, -0.05) is 20.8 Å². The Bertz CT molecular complexity index is 243. The molecule has 0 saturated carbocycles. The molecule has 1 aromatic heterocycles. The van der Waals surface area contributed by atoms with E-state index in [4.69, 9.17) is 4.42 Å². The number of hydrogen-bond acceptors (Lipinski definition) is 3. The first kappa shape index (κ1) is 10.3. The van der Waals surface area contributed by atoms with E-state index in [-0.39, 0.29) is 0 Å².